The predicted octanol–water partition coefficient (Wildman–Crippen LogP) is 6.71. The van der Waals surface area contributed by atoms with Gasteiger partial charge in [0.1, 0.15) is 11.2 Å². The molecule has 4 aromatic rings. The van der Waals surface area contributed by atoms with Crippen LogP contribution in [0.4, 0.5) is 24.8 Å². The lowest BCUT2D eigenvalue weighted by Crippen LogP contribution is -2.37. The fourth-order valence-corrected chi connectivity index (χ4v) is 6.98. The normalized spacial score (nSPS) is 15.6. The Morgan fingerprint density at radius 1 is 1.10 bits per heavy atom. The maximum absolute atomic E-state index is 14.2. The lowest BCUT2D eigenvalue weighted by atomic mass is 9.86. The van der Waals surface area contributed by atoms with Gasteiger partial charge in [-0.1, -0.05) is 18.9 Å². The molecule has 0 aromatic carbocycles. The molecule has 6 rings (SSSR count). The standard InChI is InChI=1S/C36H42F3N7O5/c1-5-51-28(47)13-11-22-10-12-25(42-33(22)50-4)32(48)45-34-43-30-27(46(2)19-35(20-49-3)14-6-7-15-35)17-26(41-31(30)44-34)23-16-24(36(37,38)39)29(40-18-23)21-8-9-21/h10,12,16-18,21H,5-9,11,13-15,19-20H2,1-4H3,(H2,41,43,44,45,48). The van der Waals surface area contributed by atoms with E-state index in [2.05, 4.69) is 30.2 Å². The van der Waals surface area contributed by atoms with Gasteiger partial charge in [0.2, 0.25) is 11.8 Å². The summed E-state index contributed by atoms with van der Waals surface area (Å²) in [5.74, 6) is -0.851. The summed E-state index contributed by atoms with van der Waals surface area (Å²) in [6.07, 6.45) is 2.81. The molecular formula is C36H42F3N7O5. The zero-order valence-corrected chi connectivity index (χ0v) is 29.2. The number of hydrogen-bond acceptors (Lipinski definition) is 10. The van der Waals surface area contributed by atoms with Crippen molar-refractivity contribution >= 4 is 34.7 Å². The number of amides is 1. The number of imidazole rings is 1. The van der Waals surface area contributed by atoms with Crippen LogP contribution in [-0.2, 0) is 26.9 Å². The molecule has 4 aromatic heterocycles. The first kappa shape index (κ1) is 36.0. The molecule has 0 aliphatic heterocycles. The second-order valence-electron chi connectivity index (χ2n) is 13.4. The monoisotopic (exact) mass is 709 g/mol. The van der Waals surface area contributed by atoms with E-state index < -0.39 is 17.6 Å². The number of H-pyrrole nitrogens is 1. The zero-order chi connectivity index (χ0) is 36.3. The van der Waals surface area contributed by atoms with E-state index in [4.69, 9.17) is 14.2 Å². The number of aromatic amines is 1. The average Bonchev–Trinajstić information content (AvgIpc) is 3.72. The van der Waals surface area contributed by atoms with Gasteiger partial charge in [0.15, 0.2) is 5.65 Å². The molecule has 2 N–H and O–H groups in total. The summed E-state index contributed by atoms with van der Waals surface area (Å²) in [6, 6.07) is 6.03. The van der Waals surface area contributed by atoms with Crippen LogP contribution in [0.5, 0.6) is 5.88 Å². The number of carbonyl (C=O) groups excluding carboxylic acids is 2. The molecule has 0 atom stereocenters. The molecule has 12 nitrogen and oxygen atoms in total. The highest BCUT2D eigenvalue weighted by molar-refractivity contribution is 6.03. The van der Waals surface area contributed by atoms with Crippen molar-refractivity contribution in [2.24, 2.45) is 5.41 Å². The van der Waals surface area contributed by atoms with E-state index in [1.54, 1.807) is 26.2 Å². The van der Waals surface area contributed by atoms with Crippen LogP contribution in [0.3, 0.4) is 0 Å². The summed E-state index contributed by atoms with van der Waals surface area (Å²) in [4.78, 5) is 48.2. The molecule has 0 saturated heterocycles. The predicted molar refractivity (Wildman–Crippen MR) is 184 cm³/mol. The van der Waals surface area contributed by atoms with Gasteiger partial charge in [-0.05, 0) is 57.2 Å². The molecule has 0 radical (unpaired) electrons. The fourth-order valence-electron chi connectivity index (χ4n) is 6.98. The number of methoxy groups -OCH3 is 2. The third-order valence-corrected chi connectivity index (χ3v) is 9.52. The lowest BCUT2D eigenvalue weighted by Gasteiger charge is -2.34. The summed E-state index contributed by atoms with van der Waals surface area (Å²) < 4.78 is 58.6. The maximum atomic E-state index is 14.2. The first-order chi connectivity index (χ1) is 24.4. The number of rotatable bonds is 14. The number of ether oxygens (including phenoxy) is 3. The van der Waals surface area contributed by atoms with Crippen molar-refractivity contribution in [2.45, 2.75) is 70.4 Å². The molecule has 2 fully saturated rings. The largest absolute Gasteiger partial charge is 0.481 e. The summed E-state index contributed by atoms with van der Waals surface area (Å²) in [6.45, 7) is 3.21. The van der Waals surface area contributed by atoms with Crippen molar-refractivity contribution in [2.75, 3.05) is 51.2 Å². The van der Waals surface area contributed by atoms with E-state index in [1.807, 2.05) is 11.9 Å². The van der Waals surface area contributed by atoms with E-state index in [1.165, 1.54) is 19.4 Å². The number of nitrogens with one attached hydrogen (secondary N) is 2. The van der Waals surface area contributed by atoms with Crippen LogP contribution in [-0.4, -0.2) is 77.8 Å². The second kappa shape index (κ2) is 14.8. The maximum Gasteiger partial charge on any atom is 0.418 e. The lowest BCUT2D eigenvalue weighted by molar-refractivity contribution is -0.143. The number of alkyl halides is 3. The highest BCUT2D eigenvalue weighted by Crippen LogP contribution is 2.46. The zero-order valence-electron chi connectivity index (χ0n) is 29.2. The van der Waals surface area contributed by atoms with E-state index in [0.717, 1.165) is 31.7 Å². The van der Waals surface area contributed by atoms with Gasteiger partial charge in [0.05, 0.1) is 43.0 Å². The molecule has 0 bridgehead atoms. The number of anilines is 2. The third kappa shape index (κ3) is 8.08. The summed E-state index contributed by atoms with van der Waals surface area (Å²) in [5, 5.41) is 2.73. The van der Waals surface area contributed by atoms with Gasteiger partial charge in [-0.2, -0.15) is 18.2 Å². The molecule has 2 aliphatic rings. The Labute approximate surface area is 293 Å². The minimum atomic E-state index is -4.57. The van der Waals surface area contributed by atoms with Crippen LogP contribution in [0.1, 0.15) is 85.1 Å². The van der Waals surface area contributed by atoms with Crippen molar-refractivity contribution in [3.63, 3.8) is 0 Å². The Morgan fingerprint density at radius 2 is 1.86 bits per heavy atom. The van der Waals surface area contributed by atoms with Crippen LogP contribution >= 0.6 is 0 Å². The molecule has 0 unspecified atom stereocenters. The smallest absolute Gasteiger partial charge is 0.418 e. The molecule has 15 heteroatoms. The van der Waals surface area contributed by atoms with Gasteiger partial charge >= 0.3 is 12.1 Å². The van der Waals surface area contributed by atoms with Gasteiger partial charge in [-0.25, -0.2) is 9.97 Å². The van der Waals surface area contributed by atoms with Gasteiger partial charge in [0.25, 0.3) is 5.91 Å². The Hall–Kier alpha value is -4.79. The number of pyridine rings is 3. The molecule has 1 amide bonds. The number of aryl methyl sites for hydroxylation is 1. The number of fused-ring (bicyclic) bond motifs is 1. The van der Waals surface area contributed by atoms with Crippen LogP contribution in [0.15, 0.2) is 30.5 Å². The van der Waals surface area contributed by atoms with E-state index in [9.17, 15) is 22.8 Å². The summed E-state index contributed by atoms with van der Waals surface area (Å²) in [5.41, 5.74) is 1.73. The van der Waals surface area contributed by atoms with Crippen LogP contribution < -0.4 is 15.0 Å². The Bertz CT molecular complexity index is 1900. The number of carbonyl (C=O) groups is 2. The number of esters is 1. The van der Waals surface area contributed by atoms with Gasteiger partial charge in [-0.3, -0.25) is 19.9 Å². The minimum Gasteiger partial charge on any atom is -0.481 e. The third-order valence-electron chi connectivity index (χ3n) is 9.52. The Kier molecular flexibility index (Phi) is 10.5. The Balaban J connectivity index is 1.34. The van der Waals surface area contributed by atoms with E-state index >= 15 is 0 Å². The summed E-state index contributed by atoms with van der Waals surface area (Å²) >= 11 is 0. The topological polar surface area (TPSA) is 144 Å². The highest BCUT2D eigenvalue weighted by Gasteiger charge is 2.40. The van der Waals surface area contributed by atoms with E-state index in [0.29, 0.717) is 49.2 Å². The van der Waals surface area contributed by atoms with Crippen molar-refractivity contribution in [1.82, 2.24) is 24.9 Å². The first-order valence-electron chi connectivity index (χ1n) is 17.1. The summed E-state index contributed by atoms with van der Waals surface area (Å²) in [7, 11) is 5.03. The quantitative estimate of drug-likeness (QED) is 0.136. The van der Waals surface area contributed by atoms with Crippen molar-refractivity contribution in [1.29, 1.82) is 0 Å². The molecule has 4 heterocycles. The number of halogens is 3. The van der Waals surface area contributed by atoms with E-state index in [-0.39, 0.29) is 70.5 Å². The molecule has 272 valence electrons. The van der Waals surface area contributed by atoms with Crippen molar-refractivity contribution < 1.29 is 37.0 Å². The molecular weight excluding hydrogens is 667 g/mol. The number of hydrogen-bond donors (Lipinski definition) is 2. The van der Waals surface area contributed by atoms with Gasteiger partial charge < -0.3 is 24.1 Å². The fraction of sp³-hybridized carbons (Fsp3) is 0.500. The van der Waals surface area contributed by atoms with Gasteiger partial charge in [-0.15, -0.1) is 0 Å². The SMILES string of the molecule is CCOC(=O)CCc1ccc(C(=O)Nc2nc3nc(-c4cnc(C5CC5)c(C(F)(F)F)c4)cc(N(C)CC4(COC)CCCC4)c3[nH]2)nc1OC. The van der Waals surface area contributed by atoms with Crippen molar-refractivity contribution in [3.8, 4) is 17.1 Å². The van der Waals surface area contributed by atoms with Crippen LogP contribution in [0.25, 0.3) is 22.4 Å². The number of nitrogens with zero attached hydrogens (tertiary/aromatic N) is 5. The first-order valence-corrected chi connectivity index (χ1v) is 17.1. The Morgan fingerprint density at radius 3 is 2.53 bits per heavy atom. The van der Waals surface area contributed by atoms with Crippen LogP contribution in [0.2, 0.25) is 0 Å². The second-order valence-corrected chi connectivity index (χ2v) is 13.4. The number of aromatic nitrogens is 5. The van der Waals surface area contributed by atoms with Crippen molar-refractivity contribution in [3.05, 3.63) is 53.0 Å². The average molecular weight is 710 g/mol. The minimum absolute atomic E-state index is 0.0439. The molecule has 51 heavy (non-hydrogen) atoms. The molecule has 0 spiro atoms. The van der Waals surface area contributed by atoms with Gasteiger partial charge in [0, 0.05) is 55.8 Å². The molecule has 2 aliphatic carbocycles. The van der Waals surface area contributed by atoms with Crippen LogP contribution in [0, 0.1) is 5.41 Å². The highest BCUT2D eigenvalue weighted by atomic mass is 19.4. The molecule has 2 saturated carbocycles.